The van der Waals surface area contributed by atoms with Gasteiger partial charge in [0.1, 0.15) is 10.9 Å². The Kier molecular flexibility index (Phi) is 4.07. The molecule has 18 heavy (non-hydrogen) atoms. The van der Waals surface area contributed by atoms with Crippen LogP contribution in [0.2, 0.25) is 5.15 Å². The summed E-state index contributed by atoms with van der Waals surface area (Å²) >= 11 is 6.18. The van der Waals surface area contributed by atoms with Crippen LogP contribution in [0.1, 0.15) is 38.7 Å². The molecule has 3 heteroatoms. The van der Waals surface area contributed by atoms with E-state index in [9.17, 15) is 0 Å². The van der Waals surface area contributed by atoms with Gasteiger partial charge in [-0.1, -0.05) is 32.4 Å². The number of ether oxygens (including phenoxy) is 1. The van der Waals surface area contributed by atoms with Gasteiger partial charge < -0.3 is 4.74 Å². The molecule has 0 N–H and O–H groups in total. The van der Waals surface area contributed by atoms with E-state index in [1.807, 2.05) is 18.2 Å². The van der Waals surface area contributed by atoms with Crippen molar-refractivity contribution >= 4 is 22.5 Å². The number of nitrogens with zero attached hydrogens (tertiary/aromatic N) is 1. The van der Waals surface area contributed by atoms with Crippen molar-refractivity contribution in [2.45, 2.75) is 33.1 Å². The first-order valence-corrected chi connectivity index (χ1v) is 6.72. The Bertz CT molecular complexity index is 551. The third-order valence-electron chi connectivity index (χ3n) is 2.86. The lowest BCUT2D eigenvalue weighted by atomic mass is 10.0. The largest absolute Gasteiger partial charge is 0.494 e. The van der Waals surface area contributed by atoms with Crippen LogP contribution >= 0.6 is 11.6 Å². The molecule has 0 aliphatic heterocycles. The zero-order valence-electron chi connectivity index (χ0n) is 11.0. The number of aromatic nitrogens is 1. The molecule has 0 fully saturated rings. The van der Waals surface area contributed by atoms with E-state index in [1.54, 1.807) is 0 Å². The standard InChI is InChI=1S/C15H18ClNO/c1-4-7-18-12-5-6-14-11(8-12)9-13(10(2)3)15(16)17-14/h5-6,8-10H,4,7H2,1-3H3. The molecule has 0 atom stereocenters. The number of benzene rings is 1. The zero-order valence-corrected chi connectivity index (χ0v) is 11.8. The van der Waals surface area contributed by atoms with Gasteiger partial charge in [-0.3, -0.25) is 0 Å². The summed E-state index contributed by atoms with van der Waals surface area (Å²) < 4.78 is 5.63. The molecular formula is C15H18ClNO. The lowest BCUT2D eigenvalue weighted by molar-refractivity contribution is 0.318. The van der Waals surface area contributed by atoms with Crippen LogP contribution in [-0.2, 0) is 0 Å². The van der Waals surface area contributed by atoms with Gasteiger partial charge in [0.2, 0.25) is 0 Å². The highest BCUT2D eigenvalue weighted by molar-refractivity contribution is 6.30. The van der Waals surface area contributed by atoms with Crippen molar-refractivity contribution in [3.63, 3.8) is 0 Å². The first-order valence-electron chi connectivity index (χ1n) is 6.34. The van der Waals surface area contributed by atoms with Crippen molar-refractivity contribution in [3.05, 3.63) is 35.0 Å². The molecule has 0 saturated heterocycles. The van der Waals surface area contributed by atoms with Crippen LogP contribution < -0.4 is 4.74 Å². The fourth-order valence-corrected chi connectivity index (χ4v) is 2.23. The quantitative estimate of drug-likeness (QED) is 0.739. The smallest absolute Gasteiger partial charge is 0.133 e. The van der Waals surface area contributed by atoms with Crippen molar-refractivity contribution in [1.29, 1.82) is 0 Å². The van der Waals surface area contributed by atoms with Crippen LogP contribution in [0.3, 0.4) is 0 Å². The Labute approximate surface area is 113 Å². The number of hydrogen-bond acceptors (Lipinski definition) is 2. The molecule has 0 spiro atoms. The maximum absolute atomic E-state index is 6.18. The molecule has 2 aromatic rings. The highest BCUT2D eigenvalue weighted by atomic mass is 35.5. The predicted molar refractivity (Wildman–Crippen MR) is 76.6 cm³/mol. The highest BCUT2D eigenvalue weighted by Gasteiger charge is 2.09. The van der Waals surface area contributed by atoms with Gasteiger partial charge in [0.25, 0.3) is 0 Å². The molecular weight excluding hydrogens is 246 g/mol. The average Bonchev–Trinajstić information content (AvgIpc) is 2.35. The summed E-state index contributed by atoms with van der Waals surface area (Å²) in [5.74, 6) is 1.26. The minimum Gasteiger partial charge on any atom is -0.494 e. The zero-order chi connectivity index (χ0) is 13.1. The second-order valence-corrected chi connectivity index (χ2v) is 5.08. The summed E-state index contributed by atoms with van der Waals surface area (Å²) in [7, 11) is 0. The second kappa shape index (κ2) is 5.57. The summed E-state index contributed by atoms with van der Waals surface area (Å²) in [6.45, 7) is 7.07. The number of hydrogen-bond donors (Lipinski definition) is 0. The van der Waals surface area contributed by atoms with Gasteiger partial charge >= 0.3 is 0 Å². The number of fused-ring (bicyclic) bond motifs is 1. The van der Waals surface area contributed by atoms with Crippen LogP contribution in [-0.4, -0.2) is 11.6 Å². The molecule has 2 nitrogen and oxygen atoms in total. The average molecular weight is 264 g/mol. The summed E-state index contributed by atoms with van der Waals surface area (Å²) in [6, 6.07) is 8.03. The molecule has 0 amide bonds. The first kappa shape index (κ1) is 13.2. The SMILES string of the molecule is CCCOc1ccc2nc(Cl)c(C(C)C)cc2c1. The van der Waals surface area contributed by atoms with E-state index in [4.69, 9.17) is 16.3 Å². The first-order chi connectivity index (χ1) is 8.61. The molecule has 0 aliphatic carbocycles. The van der Waals surface area contributed by atoms with Crippen LogP contribution in [0.25, 0.3) is 10.9 Å². The van der Waals surface area contributed by atoms with E-state index >= 15 is 0 Å². The molecule has 0 saturated carbocycles. The topological polar surface area (TPSA) is 22.1 Å². The fraction of sp³-hybridized carbons (Fsp3) is 0.400. The van der Waals surface area contributed by atoms with Gasteiger partial charge in [0.15, 0.2) is 0 Å². The van der Waals surface area contributed by atoms with Crippen LogP contribution in [0, 0.1) is 0 Å². The van der Waals surface area contributed by atoms with E-state index in [2.05, 4.69) is 31.8 Å². The summed E-state index contributed by atoms with van der Waals surface area (Å²) in [4.78, 5) is 4.43. The highest BCUT2D eigenvalue weighted by Crippen LogP contribution is 2.28. The van der Waals surface area contributed by atoms with Gasteiger partial charge in [-0.2, -0.15) is 0 Å². The van der Waals surface area contributed by atoms with E-state index in [0.29, 0.717) is 11.1 Å². The van der Waals surface area contributed by atoms with Crippen molar-refractivity contribution in [1.82, 2.24) is 4.98 Å². The third-order valence-corrected chi connectivity index (χ3v) is 3.16. The minimum absolute atomic E-state index is 0.370. The molecule has 1 heterocycles. The van der Waals surface area contributed by atoms with Crippen molar-refractivity contribution < 1.29 is 4.74 Å². The van der Waals surface area contributed by atoms with Crippen LogP contribution in [0.5, 0.6) is 5.75 Å². The Morgan fingerprint density at radius 3 is 2.72 bits per heavy atom. The van der Waals surface area contributed by atoms with E-state index < -0.39 is 0 Å². The van der Waals surface area contributed by atoms with Gasteiger partial charge in [0, 0.05) is 5.39 Å². The van der Waals surface area contributed by atoms with Crippen molar-refractivity contribution in [3.8, 4) is 5.75 Å². The lowest BCUT2D eigenvalue weighted by Crippen LogP contribution is -1.96. The monoisotopic (exact) mass is 263 g/mol. The molecule has 2 rings (SSSR count). The molecule has 1 aromatic carbocycles. The van der Waals surface area contributed by atoms with E-state index in [0.717, 1.165) is 35.2 Å². The molecule has 1 aromatic heterocycles. The van der Waals surface area contributed by atoms with Gasteiger partial charge in [-0.25, -0.2) is 4.98 Å². The third kappa shape index (κ3) is 2.75. The Morgan fingerprint density at radius 1 is 1.28 bits per heavy atom. The molecule has 0 bridgehead atoms. The number of rotatable bonds is 4. The Balaban J connectivity index is 2.44. The fourth-order valence-electron chi connectivity index (χ4n) is 1.86. The maximum atomic E-state index is 6.18. The summed E-state index contributed by atoms with van der Waals surface area (Å²) in [5.41, 5.74) is 1.99. The lowest BCUT2D eigenvalue weighted by Gasteiger charge is -2.10. The second-order valence-electron chi connectivity index (χ2n) is 4.73. The Morgan fingerprint density at radius 2 is 2.06 bits per heavy atom. The van der Waals surface area contributed by atoms with Gasteiger partial charge in [-0.15, -0.1) is 0 Å². The summed E-state index contributed by atoms with van der Waals surface area (Å²) in [5, 5.41) is 1.68. The van der Waals surface area contributed by atoms with Crippen LogP contribution in [0.4, 0.5) is 0 Å². The van der Waals surface area contributed by atoms with Crippen LogP contribution in [0.15, 0.2) is 24.3 Å². The molecule has 0 unspecified atom stereocenters. The minimum atomic E-state index is 0.370. The van der Waals surface area contributed by atoms with Crippen molar-refractivity contribution in [2.75, 3.05) is 6.61 Å². The molecule has 0 aliphatic rings. The van der Waals surface area contributed by atoms with E-state index in [1.165, 1.54) is 0 Å². The maximum Gasteiger partial charge on any atom is 0.133 e. The molecule has 96 valence electrons. The summed E-state index contributed by atoms with van der Waals surface area (Å²) in [6.07, 6.45) is 1.01. The number of halogens is 1. The number of pyridine rings is 1. The Hall–Kier alpha value is -1.28. The normalized spacial score (nSPS) is 11.2. The van der Waals surface area contributed by atoms with Gasteiger partial charge in [-0.05, 0) is 42.2 Å². The van der Waals surface area contributed by atoms with Gasteiger partial charge in [0.05, 0.1) is 12.1 Å². The molecule has 0 radical (unpaired) electrons. The van der Waals surface area contributed by atoms with E-state index in [-0.39, 0.29) is 0 Å². The predicted octanol–water partition coefficient (Wildman–Crippen LogP) is 4.80. The van der Waals surface area contributed by atoms with Crippen molar-refractivity contribution in [2.24, 2.45) is 0 Å².